The van der Waals surface area contributed by atoms with Gasteiger partial charge in [0.1, 0.15) is 18.1 Å². The standard InChI is InChI=1S/C20H19ClN2O5S/c1-27-19-10-9-15(12-18(19)21)23(29(25,26)17-7-3-2-4-8-17)14-20(24)22-13-16-6-5-11-28-16/h2-12H,13-14H2,1H3,(H,22,24). The molecule has 0 spiro atoms. The first-order valence-corrected chi connectivity index (χ1v) is 10.4. The lowest BCUT2D eigenvalue weighted by atomic mass is 10.3. The van der Waals surface area contributed by atoms with E-state index < -0.39 is 22.5 Å². The summed E-state index contributed by atoms with van der Waals surface area (Å²) in [5.74, 6) is 0.464. The molecule has 0 aliphatic heterocycles. The number of methoxy groups -OCH3 is 1. The Labute approximate surface area is 173 Å². The van der Waals surface area contributed by atoms with E-state index in [4.69, 9.17) is 20.8 Å². The second kappa shape index (κ2) is 9.02. The average Bonchev–Trinajstić information content (AvgIpc) is 3.24. The highest BCUT2D eigenvalue weighted by Gasteiger charge is 2.27. The summed E-state index contributed by atoms with van der Waals surface area (Å²) in [6, 6.07) is 15.8. The SMILES string of the molecule is COc1ccc(N(CC(=O)NCc2ccco2)S(=O)(=O)c2ccccc2)cc1Cl. The molecular formula is C20H19ClN2O5S. The van der Waals surface area contributed by atoms with Gasteiger partial charge in [-0.05, 0) is 42.5 Å². The van der Waals surface area contributed by atoms with E-state index in [0.29, 0.717) is 11.5 Å². The van der Waals surface area contributed by atoms with E-state index in [1.807, 2.05) is 0 Å². The van der Waals surface area contributed by atoms with E-state index in [9.17, 15) is 13.2 Å². The fourth-order valence-corrected chi connectivity index (χ4v) is 4.32. The normalized spacial score (nSPS) is 11.1. The van der Waals surface area contributed by atoms with Crippen molar-refractivity contribution in [2.24, 2.45) is 0 Å². The van der Waals surface area contributed by atoms with Gasteiger partial charge in [-0.2, -0.15) is 0 Å². The molecule has 29 heavy (non-hydrogen) atoms. The first-order chi connectivity index (χ1) is 13.9. The summed E-state index contributed by atoms with van der Waals surface area (Å²) in [6.07, 6.45) is 1.49. The lowest BCUT2D eigenvalue weighted by Crippen LogP contribution is -2.40. The number of hydrogen-bond donors (Lipinski definition) is 1. The number of benzene rings is 2. The quantitative estimate of drug-likeness (QED) is 0.586. The monoisotopic (exact) mass is 434 g/mol. The molecule has 1 N–H and O–H groups in total. The number of amides is 1. The number of hydrogen-bond acceptors (Lipinski definition) is 5. The molecule has 0 radical (unpaired) electrons. The third-order valence-electron chi connectivity index (χ3n) is 4.08. The number of rotatable bonds is 8. The molecule has 0 atom stereocenters. The lowest BCUT2D eigenvalue weighted by Gasteiger charge is -2.24. The summed E-state index contributed by atoms with van der Waals surface area (Å²) in [6.45, 7) is -0.283. The molecule has 7 nitrogen and oxygen atoms in total. The van der Waals surface area contributed by atoms with Crippen molar-refractivity contribution in [2.75, 3.05) is 18.0 Å². The Morgan fingerprint density at radius 3 is 2.52 bits per heavy atom. The van der Waals surface area contributed by atoms with Crippen molar-refractivity contribution in [3.63, 3.8) is 0 Å². The zero-order chi connectivity index (χ0) is 20.9. The molecule has 0 fully saturated rings. The van der Waals surface area contributed by atoms with E-state index in [1.165, 1.54) is 37.6 Å². The second-order valence-electron chi connectivity index (χ2n) is 6.00. The number of ether oxygens (including phenoxy) is 1. The topological polar surface area (TPSA) is 88.8 Å². The number of furan rings is 1. The number of nitrogens with zero attached hydrogens (tertiary/aromatic N) is 1. The minimum Gasteiger partial charge on any atom is -0.495 e. The van der Waals surface area contributed by atoms with Crippen LogP contribution in [0.4, 0.5) is 5.69 Å². The van der Waals surface area contributed by atoms with Gasteiger partial charge in [-0.25, -0.2) is 8.42 Å². The van der Waals surface area contributed by atoms with Gasteiger partial charge in [0.15, 0.2) is 0 Å². The van der Waals surface area contributed by atoms with Gasteiger partial charge in [-0.15, -0.1) is 0 Å². The Kier molecular flexibility index (Phi) is 6.46. The maximum Gasteiger partial charge on any atom is 0.264 e. The van der Waals surface area contributed by atoms with Crippen molar-refractivity contribution < 1.29 is 22.4 Å². The Bertz CT molecular complexity index is 1070. The lowest BCUT2D eigenvalue weighted by molar-refractivity contribution is -0.119. The molecule has 1 aromatic heterocycles. The van der Waals surface area contributed by atoms with Gasteiger partial charge >= 0.3 is 0 Å². The third-order valence-corrected chi connectivity index (χ3v) is 6.17. The molecule has 0 saturated carbocycles. The zero-order valence-electron chi connectivity index (χ0n) is 15.5. The van der Waals surface area contributed by atoms with Gasteiger partial charge in [0.05, 0.1) is 35.5 Å². The maximum atomic E-state index is 13.2. The van der Waals surface area contributed by atoms with Gasteiger partial charge in [0, 0.05) is 0 Å². The minimum absolute atomic E-state index is 0.0609. The molecule has 0 aliphatic rings. The van der Waals surface area contributed by atoms with Crippen molar-refractivity contribution in [1.29, 1.82) is 0 Å². The van der Waals surface area contributed by atoms with Crippen LogP contribution in [0.5, 0.6) is 5.75 Å². The van der Waals surface area contributed by atoms with Crippen LogP contribution in [-0.2, 0) is 21.4 Å². The first-order valence-electron chi connectivity index (χ1n) is 8.62. The van der Waals surface area contributed by atoms with Gasteiger partial charge in [-0.1, -0.05) is 29.8 Å². The fourth-order valence-electron chi connectivity index (χ4n) is 2.63. The summed E-state index contributed by atoms with van der Waals surface area (Å²) in [5.41, 5.74) is 0.243. The number of anilines is 1. The molecule has 0 saturated heterocycles. The molecule has 3 rings (SSSR count). The summed E-state index contributed by atoms with van der Waals surface area (Å²) >= 11 is 6.18. The first kappa shape index (κ1) is 20.8. The smallest absolute Gasteiger partial charge is 0.264 e. The van der Waals surface area contributed by atoms with Crippen molar-refractivity contribution in [1.82, 2.24) is 5.32 Å². The average molecular weight is 435 g/mol. The van der Waals surface area contributed by atoms with Crippen molar-refractivity contribution in [3.8, 4) is 5.75 Å². The largest absolute Gasteiger partial charge is 0.495 e. The number of sulfonamides is 1. The van der Waals surface area contributed by atoms with E-state index in [-0.39, 0.29) is 22.2 Å². The molecule has 9 heteroatoms. The highest BCUT2D eigenvalue weighted by molar-refractivity contribution is 7.92. The number of halogens is 1. The van der Waals surface area contributed by atoms with Crippen LogP contribution < -0.4 is 14.4 Å². The number of carbonyl (C=O) groups excluding carboxylic acids is 1. The Morgan fingerprint density at radius 2 is 1.90 bits per heavy atom. The third kappa shape index (κ3) is 4.90. The molecule has 152 valence electrons. The van der Waals surface area contributed by atoms with E-state index in [0.717, 1.165) is 4.31 Å². The maximum absolute atomic E-state index is 13.2. The van der Waals surface area contributed by atoms with Crippen LogP contribution in [0, 0.1) is 0 Å². The van der Waals surface area contributed by atoms with Crippen LogP contribution in [0.2, 0.25) is 5.02 Å². The number of nitrogens with one attached hydrogen (secondary N) is 1. The van der Waals surface area contributed by atoms with Crippen LogP contribution >= 0.6 is 11.6 Å². The summed E-state index contributed by atoms with van der Waals surface area (Å²) in [4.78, 5) is 12.6. The summed E-state index contributed by atoms with van der Waals surface area (Å²) in [5, 5.41) is 2.88. The number of carbonyl (C=O) groups is 1. The van der Waals surface area contributed by atoms with Crippen LogP contribution in [0.15, 0.2) is 76.2 Å². The van der Waals surface area contributed by atoms with E-state index in [2.05, 4.69) is 5.32 Å². The molecule has 0 bridgehead atoms. The Morgan fingerprint density at radius 1 is 1.14 bits per heavy atom. The van der Waals surface area contributed by atoms with Crippen molar-refractivity contribution in [2.45, 2.75) is 11.4 Å². The Hall–Kier alpha value is -2.97. The summed E-state index contributed by atoms with van der Waals surface area (Å²) in [7, 11) is -2.55. The predicted octanol–water partition coefficient (Wildman–Crippen LogP) is 3.45. The Balaban J connectivity index is 1.91. The fraction of sp³-hybridized carbons (Fsp3) is 0.150. The zero-order valence-corrected chi connectivity index (χ0v) is 17.1. The molecular weight excluding hydrogens is 416 g/mol. The van der Waals surface area contributed by atoms with Gasteiger partial charge in [-0.3, -0.25) is 9.10 Å². The van der Waals surface area contributed by atoms with Crippen molar-refractivity contribution in [3.05, 3.63) is 77.7 Å². The van der Waals surface area contributed by atoms with Crippen molar-refractivity contribution >= 4 is 33.2 Å². The van der Waals surface area contributed by atoms with Gasteiger partial charge in [0.25, 0.3) is 10.0 Å². The molecule has 1 amide bonds. The molecule has 3 aromatic rings. The molecule has 0 unspecified atom stereocenters. The van der Waals surface area contributed by atoms with E-state index >= 15 is 0 Å². The summed E-state index contributed by atoms with van der Waals surface area (Å²) < 4.78 is 37.7. The predicted molar refractivity (Wildman–Crippen MR) is 110 cm³/mol. The highest BCUT2D eigenvalue weighted by Crippen LogP contribution is 2.31. The van der Waals surface area contributed by atoms with Crippen LogP contribution in [-0.4, -0.2) is 28.0 Å². The van der Waals surface area contributed by atoms with Crippen LogP contribution in [0.25, 0.3) is 0 Å². The highest BCUT2D eigenvalue weighted by atomic mass is 35.5. The molecule has 2 aromatic carbocycles. The van der Waals surface area contributed by atoms with E-state index in [1.54, 1.807) is 36.4 Å². The van der Waals surface area contributed by atoms with Gasteiger partial charge in [0.2, 0.25) is 5.91 Å². The van der Waals surface area contributed by atoms with Crippen LogP contribution in [0.1, 0.15) is 5.76 Å². The van der Waals surface area contributed by atoms with Gasteiger partial charge < -0.3 is 14.5 Å². The molecule has 0 aliphatic carbocycles. The molecule has 1 heterocycles. The minimum atomic E-state index is -4.01. The van der Waals surface area contributed by atoms with Crippen LogP contribution in [0.3, 0.4) is 0 Å². The second-order valence-corrected chi connectivity index (χ2v) is 8.27.